The van der Waals surface area contributed by atoms with Gasteiger partial charge in [0.1, 0.15) is 18.4 Å². The van der Waals surface area contributed by atoms with E-state index in [1.807, 2.05) is 0 Å². The number of carbonyl (C=O) groups excluding carboxylic acids is 3. The molecule has 192 valence electrons. The van der Waals surface area contributed by atoms with E-state index in [1.54, 1.807) is 0 Å². The Labute approximate surface area is 206 Å². The molecular formula is C27H37NO7. The minimum atomic E-state index is -1.18. The van der Waals surface area contributed by atoms with E-state index in [1.165, 1.54) is 32.1 Å². The maximum absolute atomic E-state index is 13.2. The lowest BCUT2D eigenvalue weighted by Gasteiger charge is -2.70. The smallest absolute Gasteiger partial charge is 0.309 e. The van der Waals surface area contributed by atoms with E-state index in [0.29, 0.717) is 19.4 Å². The summed E-state index contributed by atoms with van der Waals surface area (Å²) in [5.41, 5.74) is -0.258. The van der Waals surface area contributed by atoms with Crippen LogP contribution in [0.25, 0.3) is 0 Å². The first-order valence-corrected chi connectivity index (χ1v) is 13.2. The summed E-state index contributed by atoms with van der Waals surface area (Å²) < 4.78 is 17.3. The quantitative estimate of drug-likeness (QED) is 0.367. The van der Waals surface area contributed by atoms with Crippen molar-refractivity contribution >= 4 is 17.9 Å². The Morgan fingerprint density at radius 1 is 1.11 bits per heavy atom. The molecule has 6 rings (SSSR count). The lowest BCUT2D eigenvalue weighted by molar-refractivity contribution is -0.334. The van der Waals surface area contributed by atoms with Gasteiger partial charge in [0.25, 0.3) is 0 Å². The van der Waals surface area contributed by atoms with Crippen LogP contribution in [0.1, 0.15) is 59.3 Å². The van der Waals surface area contributed by atoms with Gasteiger partial charge < -0.3 is 19.3 Å². The van der Waals surface area contributed by atoms with Crippen LogP contribution >= 0.6 is 0 Å². The Kier molecular flexibility index (Phi) is 5.06. The van der Waals surface area contributed by atoms with Crippen LogP contribution < -0.4 is 0 Å². The lowest BCUT2D eigenvalue weighted by atomic mass is 9.41. The Bertz CT molecular complexity index is 1020. The van der Waals surface area contributed by atoms with Gasteiger partial charge in [0.05, 0.1) is 18.4 Å². The lowest BCUT2D eigenvalue weighted by Crippen LogP contribution is -2.79. The zero-order chi connectivity index (χ0) is 24.9. The molecule has 0 radical (unpaired) electrons. The molecule has 1 N–H and O–H groups in total. The highest BCUT2D eigenvalue weighted by atomic mass is 16.6. The molecule has 2 heterocycles. The molecular weight excluding hydrogens is 450 g/mol. The fraction of sp³-hybridized carbons (Fsp3) is 0.815. The normalized spacial score (nSPS) is 47.2. The fourth-order valence-corrected chi connectivity index (χ4v) is 10.1. The highest BCUT2D eigenvalue weighted by Gasteiger charge is 2.84. The summed E-state index contributed by atoms with van der Waals surface area (Å²) >= 11 is 0. The molecule has 0 amide bonds. The van der Waals surface area contributed by atoms with Gasteiger partial charge >= 0.3 is 17.9 Å². The van der Waals surface area contributed by atoms with Crippen LogP contribution in [-0.4, -0.2) is 66.5 Å². The predicted octanol–water partition coefficient (Wildman–Crippen LogP) is 2.44. The number of nitrogens with zero attached hydrogens (tertiary/aromatic N) is 1. The van der Waals surface area contributed by atoms with Crippen LogP contribution in [0.5, 0.6) is 0 Å². The average molecular weight is 488 g/mol. The standard InChI is InChI=1S/C27H37NO7/c1-14-11-28-12-18-7-5-17-6-8-19-20(24(31)33-4)10-26(23(17)19)25(18,13-34-15(2)29)22(35-16(3)30)9-21(14)27(26,28)32/h14,18-22,32H,5-13H2,1-4H3/t14-,18+,19+,20+,21+,22+,25+,26+,27+/m0/s1. The highest BCUT2D eigenvalue weighted by Crippen LogP contribution is 2.80. The Balaban J connectivity index is 1.67. The summed E-state index contributed by atoms with van der Waals surface area (Å²) in [5, 5.41) is 13.0. The second kappa shape index (κ2) is 7.54. The van der Waals surface area contributed by atoms with Gasteiger partial charge in [-0.3, -0.25) is 19.3 Å². The first-order chi connectivity index (χ1) is 16.6. The minimum absolute atomic E-state index is 0.00418. The monoisotopic (exact) mass is 487 g/mol. The van der Waals surface area contributed by atoms with Crippen molar-refractivity contribution in [1.82, 2.24) is 4.90 Å². The van der Waals surface area contributed by atoms with Gasteiger partial charge in [0.2, 0.25) is 0 Å². The SMILES string of the molecule is COC(=O)[C@@H]1C[C@@]23C4=C(CC[C@@H]5CN6C[C@H](C)[C@@H](C[C@@H](OC(C)=O)[C@@]52COC(C)=O)[C@]63O)CC[C@@H]41. The maximum Gasteiger partial charge on any atom is 0.309 e. The molecule has 35 heavy (non-hydrogen) atoms. The molecule has 4 fully saturated rings. The number of methoxy groups -OCH3 is 1. The van der Waals surface area contributed by atoms with Crippen LogP contribution in [0.4, 0.5) is 0 Å². The second-order valence-electron chi connectivity index (χ2n) is 12.0. The van der Waals surface area contributed by atoms with Crippen molar-refractivity contribution in [2.45, 2.75) is 71.1 Å². The molecule has 4 bridgehead atoms. The molecule has 0 aromatic heterocycles. The van der Waals surface area contributed by atoms with E-state index in [4.69, 9.17) is 14.2 Å². The van der Waals surface area contributed by atoms with Gasteiger partial charge in [-0.1, -0.05) is 18.1 Å². The fourth-order valence-electron chi connectivity index (χ4n) is 10.1. The van der Waals surface area contributed by atoms with Crippen LogP contribution in [0.15, 0.2) is 11.1 Å². The second-order valence-corrected chi connectivity index (χ2v) is 12.0. The first kappa shape index (κ1) is 23.5. The summed E-state index contributed by atoms with van der Waals surface area (Å²) in [6, 6.07) is 0. The summed E-state index contributed by atoms with van der Waals surface area (Å²) in [7, 11) is 1.43. The molecule has 8 heteroatoms. The van der Waals surface area contributed by atoms with E-state index in [9.17, 15) is 19.5 Å². The maximum atomic E-state index is 13.2. The number of ether oxygens (including phenoxy) is 3. The largest absolute Gasteiger partial charge is 0.469 e. The molecule has 0 aromatic carbocycles. The molecule has 9 atom stereocenters. The van der Waals surface area contributed by atoms with Crippen molar-refractivity contribution < 1.29 is 33.7 Å². The number of hydrogen-bond donors (Lipinski definition) is 1. The van der Waals surface area contributed by atoms with Crippen molar-refractivity contribution in [2.24, 2.45) is 40.4 Å². The molecule has 2 saturated heterocycles. The van der Waals surface area contributed by atoms with Crippen molar-refractivity contribution in [3.05, 3.63) is 11.1 Å². The Hall–Kier alpha value is -1.93. The van der Waals surface area contributed by atoms with E-state index < -0.39 is 22.7 Å². The van der Waals surface area contributed by atoms with Crippen molar-refractivity contribution in [3.63, 3.8) is 0 Å². The number of hydrogen-bond acceptors (Lipinski definition) is 8. The molecule has 4 aliphatic carbocycles. The third-order valence-electron chi connectivity index (χ3n) is 10.9. The number of rotatable bonds is 4. The van der Waals surface area contributed by atoms with Gasteiger partial charge in [0, 0.05) is 38.3 Å². The molecule has 6 aliphatic rings. The van der Waals surface area contributed by atoms with Crippen molar-refractivity contribution in [2.75, 3.05) is 26.8 Å². The number of aliphatic hydroxyl groups is 1. The van der Waals surface area contributed by atoms with Gasteiger partial charge in [-0.15, -0.1) is 0 Å². The number of carbonyl (C=O) groups is 3. The Morgan fingerprint density at radius 2 is 1.86 bits per heavy atom. The highest BCUT2D eigenvalue weighted by molar-refractivity contribution is 5.76. The van der Waals surface area contributed by atoms with Crippen LogP contribution in [0.3, 0.4) is 0 Å². The molecule has 1 spiro atoms. The molecule has 2 saturated carbocycles. The molecule has 8 nitrogen and oxygen atoms in total. The topological polar surface area (TPSA) is 102 Å². The van der Waals surface area contributed by atoms with Gasteiger partial charge in [0.15, 0.2) is 0 Å². The Morgan fingerprint density at radius 3 is 2.54 bits per heavy atom. The number of esters is 3. The molecule has 0 aromatic rings. The predicted molar refractivity (Wildman–Crippen MR) is 123 cm³/mol. The van der Waals surface area contributed by atoms with E-state index in [-0.39, 0.29) is 54.1 Å². The van der Waals surface area contributed by atoms with Crippen LogP contribution in [0.2, 0.25) is 0 Å². The van der Waals surface area contributed by atoms with Crippen LogP contribution in [-0.2, 0) is 28.6 Å². The van der Waals surface area contributed by atoms with Crippen LogP contribution in [0, 0.1) is 40.4 Å². The van der Waals surface area contributed by atoms with Gasteiger partial charge in [-0.2, -0.15) is 0 Å². The van der Waals surface area contributed by atoms with E-state index in [0.717, 1.165) is 32.2 Å². The van der Waals surface area contributed by atoms with Gasteiger partial charge in [-0.05, 0) is 56.3 Å². The summed E-state index contributed by atoms with van der Waals surface area (Å²) in [6.07, 6.45) is 4.06. The number of allylic oxidation sites excluding steroid dienone is 1. The average Bonchev–Trinajstić information content (AvgIpc) is 3.42. The first-order valence-electron chi connectivity index (χ1n) is 13.2. The van der Waals surface area contributed by atoms with Crippen molar-refractivity contribution in [1.29, 1.82) is 0 Å². The zero-order valence-electron chi connectivity index (χ0n) is 21.2. The van der Waals surface area contributed by atoms with Crippen molar-refractivity contribution in [3.8, 4) is 0 Å². The number of piperidine rings is 1. The summed E-state index contributed by atoms with van der Waals surface area (Å²) in [6.45, 7) is 6.54. The third kappa shape index (κ3) is 2.63. The van der Waals surface area contributed by atoms with Gasteiger partial charge in [-0.25, -0.2) is 0 Å². The van der Waals surface area contributed by atoms with E-state index >= 15 is 0 Å². The third-order valence-corrected chi connectivity index (χ3v) is 10.9. The van der Waals surface area contributed by atoms with E-state index in [2.05, 4.69) is 11.8 Å². The minimum Gasteiger partial charge on any atom is -0.469 e. The zero-order valence-corrected chi connectivity index (χ0v) is 21.2. The summed E-state index contributed by atoms with van der Waals surface area (Å²) in [5.74, 6) is -1.18. The molecule has 0 unspecified atom stereocenters. The summed E-state index contributed by atoms with van der Waals surface area (Å²) in [4.78, 5) is 40.1. The molecule has 2 aliphatic heterocycles.